The van der Waals surface area contributed by atoms with E-state index in [1.165, 1.54) is 0 Å². The molecule has 1 aliphatic rings. The van der Waals surface area contributed by atoms with E-state index >= 15 is 0 Å². The maximum atomic E-state index is 13.9. The van der Waals surface area contributed by atoms with Crippen LogP contribution in [-0.4, -0.2) is 23.0 Å². The average molecular weight is 528 g/mol. The monoisotopic (exact) mass is 527 g/mol. The molecule has 6 rings (SSSR count). The second-order valence-corrected chi connectivity index (χ2v) is 9.93. The summed E-state index contributed by atoms with van der Waals surface area (Å²) in [6.07, 6.45) is -0.827. The molecule has 0 spiro atoms. The summed E-state index contributed by atoms with van der Waals surface area (Å²) in [6.45, 7) is 0.118. The fourth-order valence-corrected chi connectivity index (χ4v) is 5.49. The zero-order valence-corrected chi connectivity index (χ0v) is 21.9. The lowest BCUT2D eigenvalue weighted by atomic mass is 9.92. The smallest absolute Gasteiger partial charge is 0.411 e. The summed E-state index contributed by atoms with van der Waals surface area (Å²) >= 11 is 0. The van der Waals surface area contributed by atoms with Crippen LogP contribution in [0.4, 0.5) is 4.79 Å². The molecule has 5 aromatic rings. The maximum absolute atomic E-state index is 13.9. The predicted molar refractivity (Wildman–Crippen MR) is 154 cm³/mol. The number of hydrogen-bond donors (Lipinski definition) is 0. The van der Waals surface area contributed by atoms with Gasteiger partial charge in [0, 0.05) is 6.42 Å². The molecule has 5 heteroatoms. The summed E-state index contributed by atoms with van der Waals surface area (Å²) in [4.78, 5) is 29.2. The van der Waals surface area contributed by atoms with E-state index in [9.17, 15) is 9.59 Å². The third-order valence-corrected chi connectivity index (χ3v) is 7.42. The highest BCUT2D eigenvalue weighted by Crippen LogP contribution is 2.45. The van der Waals surface area contributed by atoms with Gasteiger partial charge in [0.05, 0.1) is 0 Å². The molecule has 0 bridgehead atoms. The Labute approximate surface area is 233 Å². The fraction of sp³-hybridized carbons (Fsp3) is 0.143. The lowest BCUT2D eigenvalue weighted by Crippen LogP contribution is -2.45. The standard InChI is InChI=1S/C35H29NO4/c37-34(39-24-25-13-4-1-5-14-25)31(23-29-21-12-20-26-15-10-11-22-30(26)29)36-32(27-16-6-2-7-17-27)33(40-35(36)38)28-18-8-3-9-19-28/h1-22,31-33H,23-24H2/t31-,32+,33-/m1/s1. The van der Waals surface area contributed by atoms with Crippen LogP contribution >= 0.6 is 0 Å². The topological polar surface area (TPSA) is 55.8 Å². The molecule has 0 radical (unpaired) electrons. The van der Waals surface area contributed by atoms with Crippen molar-refractivity contribution in [2.45, 2.75) is 31.2 Å². The normalized spacial score (nSPS) is 17.4. The maximum Gasteiger partial charge on any atom is 0.411 e. The van der Waals surface area contributed by atoms with Gasteiger partial charge in [0.1, 0.15) is 18.7 Å². The first kappa shape index (κ1) is 25.4. The minimum Gasteiger partial charge on any atom is -0.459 e. The first-order valence-electron chi connectivity index (χ1n) is 13.4. The Morgan fingerprint density at radius 1 is 0.725 bits per heavy atom. The van der Waals surface area contributed by atoms with Crippen LogP contribution < -0.4 is 0 Å². The predicted octanol–water partition coefficient (Wildman–Crippen LogP) is 7.43. The lowest BCUT2D eigenvalue weighted by molar-refractivity contribution is -0.150. The molecule has 40 heavy (non-hydrogen) atoms. The Balaban J connectivity index is 1.42. The van der Waals surface area contributed by atoms with Crippen molar-refractivity contribution in [3.05, 3.63) is 156 Å². The molecular weight excluding hydrogens is 498 g/mol. The van der Waals surface area contributed by atoms with E-state index in [1.807, 2.05) is 133 Å². The minimum absolute atomic E-state index is 0.118. The van der Waals surface area contributed by atoms with Crippen molar-refractivity contribution in [3.63, 3.8) is 0 Å². The van der Waals surface area contributed by atoms with Gasteiger partial charge < -0.3 is 9.47 Å². The van der Waals surface area contributed by atoms with Crippen LogP contribution in [0, 0.1) is 0 Å². The van der Waals surface area contributed by atoms with E-state index in [0.717, 1.165) is 33.0 Å². The van der Waals surface area contributed by atoms with E-state index in [0.29, 0.717) is 0 Å². The van der Waals surface area contributed by atoms with Crippen molar-refractivity contribution in [1.82, 2.24) is 4.90 Å². The van der Waals surface area contributed by atoms with Gasteiger partial charge in [0.15, 0.2) is 6.10 Å². The van der Waals surface area contributed by atoms with E-state index in [-0.39, 0.29) is 13.0 Å². The average Bonchev–Trinajstić information content (AvgIpc) is 3.36. The molecule has 1 amide bonds. The van der Waals surface area contributed by atoms with Gasteiger partial charge in [0.25, 0.3) is 0 Å². The van der Waals surface area contributed by atoms with Crippen LogP contribution in [-0.2, 0) is 27.3 Å². The van der Waals surface area contributed by atoms with Gasteiger partial charge in [-0.1, -0.05) is 133 Å². The molecule has 198 valence electrons. The number of carbonyl (C=O) groups excluding carboxylic acids is 2. The molecule has 3 atom stereocenters. The quantitative estimate of drug-likeness (QED) is 0.197. The van der Waals surface area contributed by atoms with Crippen LogP contribution in [0.2, 0.25) is 0 Å². The number of cyclic esters (lactones) is 1. The first-order chi connectivity index (χ1) is 19.7. The van der Waals surface area contributed by atoms with Crippen molar-refractivity contribution in [1.29, 1.82) is 0 Å². The molecule has 0 unspecified atom stereocenters. The van der Waals surface area contributed by atoms with Crippen molar-refractivity contribution in [3.8, 4) is 0 Å². The van der Waals surface area contributed by atoms with Crippen molar-refractivity contribution >= 4 is 22.8 Å². The second kappa shape index (κ2) is 11.5. The molecule has 1 fully saturated rings. The molecule has 0 saturated carbocycles. The molecule has 5 aromatic carbocycles. The van der Waals surface area contributed by atoms with Crippen LogP contribution in [0.1, 0.15) is 34.4 Å². The number of benzene rings is 5. The Morgan fingerprint density at radius 3 is 2.05 bits per heavy atom. The van der Waals surface area contributed by atoms with Gasteiger partial charge >= 0.3 is 12.1 Å². The summed E-state index contributed by atoms with van der Waals surface area (Å²) in [5.74, 6) is -0.469. The Kier molecular flexibility index (Phi) is 7.27. The number of amides is 1. The van der Waals surface area contributed by atoms with E-state index in [4.69, 9.17) is 9.47 Å². The number of rotatable bonds is 8. The van der Waals surface area contributed by atoms with Gasteiger partial charge in [-0.05, 0) is 33.0 Å². The van der Waals surface area contributed by atoms with E-state index in [1.54, 1.807) is 4.90 Å². The molecule has 0 N–H and O–H groups in total. The Bertz CT molecular complexity index is 1600. The number of esters is 1. The minimum atomic E-state index is -0.902. The highest BCUT2D eigenvalue weighted by atomic mass is 16.6. The highest BCUT2D eigenvalue weighted by Gasteiger charge is 2.49. The zero-order valence-electron chi connectivity index (χ0n) is 21.9. The van der Waals surface area contributed by atoms with Crippen molar-refractivity contribution in [2.24, 2.45) is 0 Å². The highest BCUT2D eigenvalue weighted by molar-refractivity contribution is 5.88. The summed E-state index contributed by atoms with van der Waals surface area (Å²) in [5, 5.41) is 2.11. The van der Waals surface area contributed by atoms with E-state index < -0.39 is 30.3 Å². The SMILES string of the molecule is O=C(OCc1ccccc1)[C@@H](Cc1cccc2ccccc12)N1C(=O)O[C@H](c2ccccc2)[C@@H]1c1ccccc1. The molecule has 1 aliphatic heterocycles. The summed E-state index contributed by atoms with van der Waals surface area (Å²) in [6, 6.07) is 41.7. The van der Waals surface area contributed by atoms with Gasteiger partial charge in [-0.25, -0.2) is 9.59 Å². The van der Waals surface area contributed by atoms with Crippen LogP contribution in [0.25, 0.3) is 10.8 Å². The number of ether oxygens (including phenoxy) is 2. The first-order valence-corrected chi connectivity index (χ1v) is 13.4. The fourth-order valence-electron chi connectivity index (χ4n) is 5.49. The van der Waals surface area contributed by atoms with Crippen molar-refractivity contribution in [2.75, 3.05) is 0 Å². The lowest BCUT2D eigenvalue weighted by Gasteiger charge is -2.31. The largest absolute Gasteiger partial charge is 0.459 e. The molecule has 5 nitrogen and oxygen atoms in total. The molecule has 0 aromatic heterocycles. The van der Waals surface area contributed by atoms with E-state index in [2.05, 4.69) is 0 Å². The molecule has 0 aliphatic carbocycles. The number of nitrogens with zero attached hydrogens (tertiary/aromatic N) is 1. The third-order valence-electron chi connectivity index (χ3n) is 7.42. The Morgan fingerprint density at radius 2 is 1.32 bits per heavy atom. The summed E-state index contributed by atoms with van der Waals surface area (Å²) in [5.41, 5.74) is 3.60. The van der Waals surface area contributed by atoms with Gasteiger partial charge in [-0.2, -0.15) is 0 Å². The van der Waals surface area contributed by atoms with Gasteiger partial charge in [-0.3, -0.25) is 4.90 Å². The number of fused-ring (bicyclic) bond motifs is 1. The number of carbonyl (C=O) groups is 2. The van der Waals surface area contributed by atoms with Crippen LogP contribution in [0.15, 0.2) is 133 Å². The van der Waals surface area contributed by atoms with Crippen LogP contribution in [0.3, 0.4) is 0 Å². The Hall–Kier alpha value is -4.90. The summed E-state index contributed by atoms with van der Waals surface area (Å²) < 4.78 is 11.9. The molecular formula is C35H29NO4. The zero-order chi connectivity index (χ0) is 27.3. The molecule has 1 heterocycles. The van der Waals surface area contributed by atoms with Crippen LogP contribution in [0.5, 0.6) is 0 Å². The molecule has 1 saturated heterocycles. The van der Waals surface area contributed by atoms with Crippen molar-refractivity contribution < 1.29 is 19.1 Å². The second-order valence-electron chi connectivity index (χ2n) is 9.93. The van der Waals surface area contributed by atoms with Gasteiger partial charge in [-0.15, -0.1) is 0 Å². The number of hydrogen-bond acceptors (Lipinski definition) is 4. The van der Waals surface area contributed by atoms with Gasteiger partial charge in [0.2, 0.25) is 0 Å². The third kappa shape index (κ3) is 5.19. The summed E-state index contributed by atoms with van der Waals surface area (Å²) in [7, 11) is 0.